The molecule has 0 aliphatic carbocycles. The van der Waals surface area contributed by atoms with Gasteiger partial charge in [0.15, 0.2) is 0 Å². The number of likely N-dealkylation sites (tertiary alicyclic amines) is 1. The highest BCUT2D eigenvalue weighted by molar-refractivity contribution is 6.30. The predicted molar refractivity (Wildman–Crippen MR) is 82.1 cm³/mol. The van der Waals surface area contributed by atoms with Crippen molar-refractivity contribution in [2.75, 3.05) is 19.6 Å². The normalized spacial score (nSPS) is 17.0. The molecular weight excluding hydrogens is 274 g/mol. The SMILES string of the molecule is CC(=NNC(=O)CN1CCCCC1)c1ccc(Cl)cc1. The fourth-order valence-electron chi connectivity index (χ4n) is 2.26. The molecule has 0 atom stereocenters. The second-order valence-electron chi connectivity index (χ2n) is 5.08. The Kier molecular flexibility index (Phi) is 5.56. The first-order valence-electron chi connectivity index (χ1n) is 6.96. The average molecular weight is 294 g/mol. The molecule has 1 fully saturated rings. The van der Waals surface area contributed by atoms with Crippen LogP contribution in [0.15, 0.2) is 29.4 Å². The largest absolute Gasteiger partial charge is 0.294 e. The molecule has 1 heterocycles. The Morgan fingerprint density at radius 3 is 2.55 bits per heavy atom. The first-order valence-corrected chi connectivity index (χ1v) is 7.34. The van der Waals surface area contributed by atoms with Crippen LogP contribution >= 0.6 is 11.6 Å². The van der Waals surface area contributed by atoms with E-state index in [1.165, 1.54) is 19.3 Å². The molecule has 0 unspecified atom stereocenters. The molecule has 1 aliphatic rings. The molecule has 1 aliphatic heterocycles. The number of nitrogens with one attached hydrogen (secondary N) is 1. The minimum absolute atomic E-state index is 0.0554. The van der Waals surface area contributed by atoms with Crippen molar-refractivity contribution in [2.45, 2.75) is 26.2 Å². The number of rotatable bonds is 4. The van der Waals surface area contributed by atoms with Gasteiger partial charge in [0.2, 0.25) is 0 Å². The first-order chi connectivity index (χ1) is 9.65. The predicted octanol–water partition coefficient (Wildman–Crippen LogP) is 2.67. The van der Waals surface area contributed by atoms with E-state index in [2.05, 4.69) is 15.4 Å². The number of hydrogen-bond acceptors (Lipinski definition) is 3. The van der Waals surface area contributed by atoms with Crippen LogP contribution < -0.4 is 5.43 Å². The molecule has 20 heavy (non-hydrogen) atoms. The Labute approximate surface area is 124 Å². The van der Waals surface area contributed by atoms with Crippen molar-refractivity contribution in [2.24, 2.45) is 5.10 Å². The highest BCUT2D eigenvalue weighted by Gasteiger charge is 2.13. The number of nitrogens with zero attached hydrogens (tertiary/aromatic N) is 2. The molecular formula is C15H20ClN3O. The van der Waals surface area contributed by atoms with E-state index in [1.807, 2.05) is 31.2 Å². The fourth-order valence-corrected chi connectivity index (χ4v) is 2.38. The maximum atomic E-state index is 11.8. The average Bonchev–Trinajstić information content (AvgIpc) is 2.46. The number of benzene rings is 1. The molecule has 0 bridgehead atoms. The summed E-state index contributed by atoms with van der Waals surface area (Å²) in [4.78, 5) is 14.0. The zero-order chi connectivity index (χ0) is 14.4. The molecule has 1 N–H and O–H groups in total. The van der Waals surface area contributed by atoms with Gasteiger partial charge in [0, 0.05) is 5.02 Å². The van der Waals surface area contributed by atoms with E-state index in [4.69, 9.17) is 11.6 Å². The number of hydrogen-bond donors (Lipinski definition) is 1. The standard InChI is InChI=1S/C15H20ClN3O/c1-12(13-5-7-14(16)8-6-13)17-18-15(20)11-19-9-3-2-4-10-19/h5-8H,2-4,9-11H2,1H3,(H,18,20). The van der Waals surface area contributed by atoms with Gasteiger partial charge >= 0.3 is 0 Å². The van der Waals surface area contributed by atoms with E-state index < -0.39 is 0 Å². The molecule has 0 radical (unpaired) electrons. The highest BCUT2D eigenvalue weighted by atomic mass is 35.5. The van der Waals surface area contributed by atoms with E-state index in [0.29, 0.717) is 11.6 Å². The first kappa shape index (κ1) is 15.0. The summed E-state index contributed by atoms with van der Waals surface area (Å²) in [5.74, 6) is -0.0554. The lowest BCUT2D eigenvalue weighted by Crippen LogP contribution is -2.38. The molecule has 108 valence electrons. The third-order valence-electron chi connectivity index (χ3n) is 3.43. The summed E-state index contributed by atoms with van der Waals surface area (Å²) in [7, 11) is 0. The van der Waals surface area contributed by atoms with Gasteiger partial charge in [-0.15, -0.1) is 0 Å². The Morgan fingerprint density at radius 1 is 1.25 bits per heavy atom. The molecule has 5 heteroatoms. The number of carbonyl (C=O) groups excluding carboxylic acids is 1. The molecule has 2 rings (SSSR count). The van der Waals surface area contributed by atoms with Crippen molar-refractivity contribution < 1.29 is 4.79 Å². The van der Waals surface area contributed by atoms with Crippen LogP contribution in [0.5, 0.6) is 0 Å². The van der Waals surface area contributed by atoms with Gasteiger partial charge in [0.1, 0.15) is 0 Å². The van der Waals surface area contributed by atoms with Gasteiger partial charge in [-0.3, -0.25) is 9.69 Å². The molecule has 1 aromatic carbocycles. The third-order valence-corrected chi connectivity index (χ3v) is 3.68. The molecule has 1 saturated heterocycles. The van der Waals surface area contributed by atoms with Gasteiger partial charge in [-0.1, -0.05) is 30.2 Å². The van der Waals surface area contributed by atoms with Crippen molar-refractivity contribution in [3.63, 3.8) is 0 Å². The smallest absolute Gasteiger partial charge is 0.254 e. The Morgan fingerprint density at radius 2 is 1.90 bits per heavy atom. The second-order valence-corrected chi connectivity index (χ2v) is 5.51. The van der Waals surface area contributed by atoms with Crippen molar-refractivity contribution in [3.8, 4) is 0 Å². The number of amides is 1. The maximum absolute atomic E-state index is 11.8. The van der Waals surface area contributed by atoms with Gasteiger partial charge in [-0.25, -0.2) is 5.43 Å². The third kappa shape index (κ3) is 4.62. The van der Waals surface area contributed by atoms with Gasteiger partial charge in [-0.05, 0) is 50.6 Å². The number of halogens is 1. The van der Waals surface area contributed by atoms with Crippen LogP contribution in [0.1, 0.15) is 31.7 Å². The van der Waals surface area contributed by atoms with Crippen LogP contribution in [0.4, 0.5) is 0 Å². The summed E-state index contributed by atoms with van der Waals surface area (Å²) in [6.45, 7) is 4.31. The summed E-state index contributed by atoms with van der Waals surface area (Å²) in [5.41, 5.74) is 4.34. The molecule has 0 spiro atoms. The van der Waals surface area contributed by atoms with Crippen molar-refractivity contribution in [1.29, 1.82) is 0 Å². The summed E-state index contributed by atoms with van der Waals surface area (Å²) in [5, 5.41) is 4.83. The van der Waals surface area contributed by atoms with Crippen LogP contribution in [-0.2, 0) is 4.79 Å². The number of piperidine rings is 1. The Bertz CT molecular complexity index is 478. The lowest BCUT2D eigenvalue weighted by atomic mass is 10.1. The quantitative estimate of drug-likeness (QED) is 0.685. The van der Waals surface area contributed by atoms with Gasteiger partial charge in [0.05, 0.1) is 12.3 Å². The highest BCUT2D eigenvalue weighted by Crippen LogP contribution is 2.10. The van der Waals surface area contributed by atoms with Crippen LogP contribution in [0, 0.1) is 0 Å². The van der Waals surface area contributed by atoms with Crippen molar-refractivity contribution in [1.82, 2.24) is 10.3 Å². The second kappa shape index (κ2) is 7.41. The van der Waals surface area contributed by atoms with Gasteiger partial charge in [-0.2, -0.15) is 5.10 Å². The molecule has 0 aromatic heterocycles. The zero-order valence-electron chi connectivity index (χ0n) is 11.7. The molecule has 0 saturated carbocycles. The number of carbonyl (C=O) groups is 1. The minimum Gasteiger partial charge on any atom is -0.294 e. The minimum atomic E-state index is -0.0554. The van der Waals surface area contributed by atoms with E-state index in [0.717, 1.165) is 24.4 Å². The molecule has 1 amide bonds. The lowest BCUT2D eigenvalue weighted by Gasteiger charge is -2.25. The Hall–Kier alpha value is -1.39. The molecule has 4 nitrogen and oxygen atoms in total. The van der Waals surface area contributed by atoms with E-state index in [9.17, 15) is 4.79 Å². The van der Waals surface area contributed by atoms with Crippen molar-refractivity contribution >= 4 is 23.2 Å². The monoisotopic (exact) mass is 293 g/mol. The summed E-state index contributed by atoms with van der Waals surface area (Å²) >= 11 is 5.84. The van der Waals surface area contributed by atoms with Gasteiger partial charge in [0.25, 0.3) is 5.91 Å². The van der Waals surface area contributed by atoms with Crippen LogP contribution in [0.25, 0.3) is 0 Å². The molecule has 1 aromatic rings. The Balaban J connectivity index is 1.84. The van der Waals surface area contributed by atoms with E-state index in [1.54, 1.807) is 0 Å². The van der Waals surface area contributed by atoms with Crippen LogP contribution in [0.3, 0.4) is 0 Å². The summed E-state index contributed by atoms with van der Waals surface area (Å²) in [6, 6.07) is 7.40. The fraction of sp³-hybridized carbons (Fsp3) is 0.467. The van der Waals surface area contributed by atoms with Crippen LogP contribution in [0.2, 0.25) is 5.02 Å². The van der Waals surface area contributed by atoms with Crippen LogP contribution in [-0.4, -0.2) is 36.2 Å². The van der Waals surface area contributed by atoms with Crippen molar-refractivity contribution in [3.05, 3.63) is 34.9 Å². The topological polar surface area (TPSA) is 44.7 Å². The summed E-state index contributed by atoms with van der Waals surface area (Å²) in [6.07, 6.45) is 3.63. The van der Waals surface area contributed by atoms with E-state index >= 15 is 0 Å². The lowest BCUT2D eigenvalue weighted by molar-refractivity contribution is -0.122. The number of hydrazone groups is 1. The van der Waals surface area contributed by atoms with E-state index in [-0.39, 0.29) is 5.91 Å². The maximum Gasteiger partial charge on any atom is 0.254 e. The zero-order valence-corrected chi connectivity index (χ0v) is 12.5. The van der Waals surface area contributed by atoms with Gasteiger partial charge < -0.3 is 0 Å². The summed E-state index contributed by atoms with van der Waals surface area (Å²) < 4.78 is 0.